The van der Waals surface area contributed by atoms with Crippen molar-refractivity contribution in [2.24, 2.45) is 0 Å². The number of hydrogen-bond acceptors (Lipinski definition) is 7. The lowest BCUT2D eigenvalue weighted by Gasteiger charge is -2.26. The van der Waals surface area contributed by atoms with E-state index in [0.29, 0.717) is 4.47 Å². The zero-order chi connectivity index (χ0) is 22.3. The minimum absolute atomic E-state index is 0.0738. The van der Waals surface area contributed by atoms with Crippen LogP contribution in [0.2, 0.25) is 5.02 Å². The molecule has 160 valence electrons. The second-order valence-electron chi connectivity index (χ2n) is 6.80. The van der Waals surface area contributed by atoms with Gasteiger partial charge in [-0.1, -0.05) is 27.5 Å². The van der Waals surface area contributed by atoms with Crippen molar-refractivity contribution in [3.63, 3.8) is 0 Å². The first-order valence-corrected chi connectivity index (χ1v) is 12.6. The van der Waals surface area contributed by atoms with Crippen LogP contribution < -0.4 is 0 Å². The Morgan fingerprint density at radius 3 is 2.37 bits per heavy atom. The molecule has 3 rings (SSSR count). The summed E-state index contributed by atoms with van der Waals surface area (Å²) in [5.74, 6) is 0. The number of rotatable bonds is 5. The average Bonchev–Trinajstić information content (AvgIpc) is 3.07. The molecule has 0 radical (unpaired) electrons. The number of sulfone groups is 1. The molecular formula is C18H16BrClN2O6S2. The molecule has 0 unspecified atom stereocenters. The number of nitrogens with zero attached hydrogens (tertiary/aromatic N) is 2. The molecule has 1 aliphatic heterocycles. The van der Waals surface area contributed by atoms with E-state index >= 15 is 0 Å². The van der Waals surface area contributed by atoms with Crippen LogP contribution in [-0.2, 0) is 19.9 Å². The molecule has 0 saturated carbocycles. The molecule has 0 aromatic heterocycles. The number of aliphatic hydroxyl groups excluding tert-OH is 1. The molecule has 2 N–H and O–H groups in total. The van der Waals surface area contributed by atoms with E-state index < -0.39 is 50.4 Å². The average molecular weight is 536 g/mol. The quantitative estimate of drug-likeness (QED) is 0.593. The molecule has 2 aromatic rings. The number of β-amino-alcohol motifs (C(OH)–C–C–N with tert-alkyl or cyclic N) is 1. The summed E-state index contributed by atoms with van der Waals surface area (Å²) in [5, 5.41) is 27.7. The molecule has 1 saturated heterocycles. The SMILES string of the molecule is N#Cc1ccc(S(=O)(=O)[C@H]2CN(S(=O)(=O)c3ccc(Br)cc3Cl)C[C@@]2(O)CO)cc1. The largest absolute Gasteiger partial charge is 0.393 e. The number of sulfonamides is 1. The zero-order valence-corrected chi connectivity index (χ0v) is 19.2. The highest BCUT2D eigenvalue weighted by atomic mass is 79.9. The van der Waals surface area contributed by atoms with E-state index in [9.17, 15) is 27.0 Å². The van der Waals surface area contributed by atoms with Gasteiger partial charge in [0.2, 0.25) is 10.0 Å². The van der Waals surface area contributed by atoms with Gasteiger partial charge in [-0.05, 0) is 42.5 Å². The summed E-state index contributed by atoms with van der Waals surface area (Å²) in [6.07, 6.45) is 0. The van der Waals surface area contributed by atoms with Crippen LogP contribution in [0.25, 0.3) is 0 Å². The fraction of sp³-hybridized carbons (Fsp3) is 0.278. The monoisotopic (exact) mass is 534 g/mol. The van der Waals surface area contributed by atoms with Crippen LogP contribution in [0.4, 0.5) is 0 Å². The van der Waals surface area contributed by atoms with Crippen molar-refractivity contribution in [3.8, 4) is 6.07 Å². The van der Waals surface area contributed by atoms with Crippen LogP contribution in [0.15, 0.2) is 56.7 Å². The van der Waals surface area contributed by atoms with Gasteiger partial charge < -0.3 is 10.2 Å². The highest BCUT2D eigenvalue weighted by Gasteiger charge is 2.55. The number of aliphatic hydroxyl groups is 2. The van der Waals surface area contributed by atoms with Crippen LogP contribution in [-0.4, -0.2) is 61.9 Å². The third-order valence-electron chi connectivity index (χ3n) is 4.89. The Balaban J connectivity index is 2.02. The first kappa shape index (κ1) is 23.1. The lowest BCUT2D eigenvalue weighted by atomic mass is 10.1. The van der Waals surface area contributed by atoms with Gasteiger partial charge in [0.15, 0.2) is 9.84 Å². The lowest BCUT2D eigenvalue weighted by molar-refractivity contribution is 0.00160. The summed E-state index contributed by atoms with van der Waals surface area (Å²) in [7, 11) is -8.49. The van der Waals surface area contributed by atoms with Crippen molar-refractivity contribution < 1.29 is 27.0 Å². The van der Waals surface area contributed by atoms with Crippen LogP contribution in [0.5, 0.6) is 0 Å². The second-order valence-corrected chi connectivity index (χ2v) is 12.2. The third kappa shape index (κ3) is 4.01. The highest BCUT2D eigenvalue weighted by Crippen LogP contribution is 2.36. The molecule has 8 nitrogen and oxygen atoms in total. The molecular weight excluding hydrogens is 520 g/mol. The summed E-state index contributed by atoms with van der Waals surface area (Å²) in [5.41, 5.74) is -1.98. The maximum Gasteiger partial charge on any atom is 0.244 e. The fourth-order valence-corrected chi connectivity index (χ4v) is 7.82. The molecule has 0 aliphatic carbocycles. The van der Waals surface area contributed by atoms with Gasteiger partial charge in [-0.3, -0.25) is 0 Å². The summed E-state index contributed by atoms with van der Waals surface area (Å²) in [6.45, 7) is -2.17. The molecule has 1 aliphatic rings. The van der Waals surface area contributed by atoms with E-state index in [1.807, 2.05) is 6.07 Å². The van der Waals surface area contributed by atoms with Gasteiger partial charge in [0.25, 0.3) is 0 Å². The molecule has 0 bridgehead atoms. The van der Waals surface area contributed by atoms with Gasteiger partial charge in [-0.2, -0.15) is 9.57 Å². The number of benzene rings is 2. The van der Waals surface area contributed by atoms with Gasteiger partial charge in [0.05, 0.1) is 28.2 Å². The minimum atomic E-state index is -4.25. The normalized spacial score (nSPS) is 22.7. The Hall–Kier alpha value is -1.52. The van der Waals surface area contributed by atoms with E-state index in [0.717, 1.165) is 4.31 Å². The van der Waals surface area contributed by atoms with E-state index in [-0.39, 0.29) is 20.4 Å². The minimum Gasteiger partial charge on any atom is -0.393 e. The molecule has 2 atom stereocenters. The third-order valence-corrected chi connectivity index (χ3v) is 9.95. The molecule has 12 heteroatoms. The van der Waals surface area contributed by atoms with Gasteiger partial charge in [0, 0.05) is 17.6 Å². The number of halogens is 2. The fourth-order valence-electron chi connectivity index (χ4n) is 3.26. The molecule has 0 spiro atoms. The topological polar surface area (TPSA) is 136 Å². The van der Waals surface area contributed by atoms with Crippen molar-refractivity contribution in [1.82, 2.24) is 4.31 Å². The van der Waals surface area contributed by atoms with Crippen molar-refractivity contribution in [2.45, 2.75) is 20.6 Å². The number of nitriles is 1. The van der Waals surface area contributed by atoms with Crippen molar-refractivity contribution in [3.05, 3.63) is 57.5 Å². The van der Waals surface area contributed by atoms with Gasteiger partial charge in [0.1, 0.15) is 15.7 Å². The Kier molecular flexibility index (Phi) is 6.33. The molecule has 0 amide bonds. The van der Waals surface area contributed by atoms with Crippen LogP contribution in [0.1, 0.15) is 5.56 Å². The summed E-state index contributed by atoms with van der Waals surface area (Å²) < 4.78 is 53.7. The first-order valence-electron chi connectivity index (χ1n) is 8.48. The van der Waals surface area contributed by atoms with Crippen LogP contribution in [0.3, 0.4) is 0 Å². The maximum atomic E-state index is 13.1. The Bertz CT molecular complexity index is 1230. The Morgan fingerprint density at radius 1 is 1.20 bits per heavy atom. The maximum absolute atomic E-state index is 13.1. The highest BCUT2D eigenvalue weighted by molar-refractivity contribution is 9.10. The summed E-state index contributed by atoms with van der Waals surface area (Å²) in [4.78, 5) is -0.441. The summed E-state index contributed by atoms with van der Waals surface area (Å²) in [6, 6.07) is 11.0. The first-order chi connectivity index (χ1) is 14.0. The van der Waals surface area contributed by atoms with E-state index in [2.05, 4.69) is 15.9 Å². The van der Waals surface area contributed by atoms with E-state index in [1.54, 1.807) is 0 Å². The van der Waals surface area contributed by atoms with Crippen LogP contribution >= 0.6 is 27.5 Å². The zero-order valence-electron chi connectivity index (χ0n) is 15.2. The van der Waals surface area contributed by atoms with Gasteiger partial charge in [-0.25, -0.2) is 16.8 Å². The van der Waals surface area contributed by atoms with E-state index in [4.69, 9.17) is 16.9 Å². The molecule has 1 heterocycles. The van der Waals surface area contributed by atoms with Crippen molar-refractivity contribution in [1.29, 1.82) is 5.26 Å². The lowest BCUT2D eigenvalue weighted by Crippen LogP contribution is -2.49. The standard InChI is InChI=1S/C18H16BrClN2O6S2/c19-13-3-6-16(15(20)7-13)30(27,28)22-9-17(18(24,10-22)11-23)29(25,26)14-4-1-12(8-21)2-5-14/h1-7,17,23-24H,9-11H2/t17-,18+/m0/s1. The molecule has 1 fully saturated rings. The predicted octanol–water partition coefficient (Wildman–Crippen LogP) is 1.54. The van der Waals surface area contributed by atoms with Gasteiger partial charge in [-0.15, -0.1) is 0 Å². The van der Waals surface area contributed by atoms with Crippen LogP contribution in [0, 0.1) is 11.3 Å². The van der Waals surface area contributed by atoms with Crippen molar-refractivity contribution in [2.75, 3.05) is 19.7 Å². The van der Waals surface area contributed by atoms with E-state index in [1.165, 1.54) is 42.5 Å². The molecule has 30 heavy (non-hydrogen) atoms. The number of hydrogen-bond donors (Lipinski definition) is 2. The Morgan fingerprint density at radius 2 is 1.83 bits per heavy atom. The second kappa shape index (κ2) is 8.20. The van der Waals surface area contributed by atoms with Gasteiger partial charge >= 0.3 is 0 Å². The molecule has 2 aromatic carbocycles. The predicted molar refractivity (Wildman–Crippen MR) is 112 cm³/mol. The smallest absolute Gasteiger partial charge is 0.244 e. The summed E-state index contributed by atoms with van der Waals surface area (Å²) >= 11 is 9.24. The van der Waals surface area contributed by atoms with Crippen molar-refractivity contribution >= 4 is 47.4 Å². The Labute approximate surface area is 187 Å².